The number of benzene rings is 2. The van der Waals surface area contributed by atoms with Gasteiger partial charge in [-0.1, -0.05) is 12.1 Å². The first-order valence-electron chi connectivity index (χ1n) is 7.33. The summed E-state index contributed by atoms with van der Waals surface area (Å²) in [5.41, 5.74) is 2.77. The molecule has 1 aromatic heterocycles. The van der Waals surface area contributed by atoms with E-state index in [-0.39, 0.29) is 5.91 Å². The van der Waals surface area contributed by atoms with E-state index in [9.17, 15) is 4.79 Å². The highest BCUT2D eigenvalue weighted by molar-refractivity contribution is 5.94. The van der Waals surface area contributed by atoms with Gasteiger partial charge in [-0.05, 0) is 54.3 Å². The minimum absolute atomic E-state index is 0.0883. The molecule has 4 heteroatoms. The normalized spacial score (nSPS) is 10.6. The van der Waals surface area contributed by atoms with Gasteiger partial charge in [0.25, 0.3) is 5.91 Å². The van der Waals surface area contributed by atoms with E-state index in [1.165, 1.54) is 5.39 Å². The molecule has 0 saturated carbocycles. The Bertz CT molecular complexity index is 775. The van der Waals surface area contributed by atoms with Crippen molar-refractivity contribution in [2.75, 3.05) is 6.61 Å². The van der Waals surface area contributed by atoms with E-state index in [1.807, 2.05) is 49.5 Å². The molecule has 0 atom stereocenters. The molecule has 3 aromatic rings. The number of fused-ring (bicyclic) bond motifs is 1. The average molecular weight is 294 g/mol. The summed E-state index contributed by atoms with van der Waals surface area (Å²) in [7, 11) is 0. The standard InChI is InChI=1S/C18H18N2O2/c1-2-22-16-7-5-15(6-8-16)18(21)20-12-13-3-4-14-9-10-19-17(14)11-13/h3-11,19H,2,12H2,1H3,(H,20,21). The van der Waals surface area contributed by atoms with Gasteiger partial charge in [0.2, 0.25) is 0 Å². The Labute approximate surface area is 129 Å². The van der Waals surface area contributed by atoms with Crippen LogP contribution in [-0.2, 0) is 6.54 Å². The van der Waals surface area contributed by atoms with Gasteiger partial charge in [-0.2, -0.15) is 0 Å². The number of aromatic amines is 1. The molecule has 1 heterocycles. The fraction of sp³-hybridized carbons (Fsp3) is 0.167. The summed E-state index contributed by atoms with van der Waals surface area (Å²) in [5.74, 6) is 0.686. The maximum atomic E-state index is 12.1. The molecule has 0 radical (unpaired) electrons. The minimum atomic E-state index is -0.0883. The number of rotatable bonds is 5. The lowest BCUT2D eigenvalue weighted by molar-refractivity contribution is 0.0951. The predicted molar refractivity (Wildman–Crippen MR) is 87.1 cm³/mol. The van der Waals surface area contributed by atoms with Crippen molar-refractivity contribution in [1.29, 1.82) is 0 Å². The Kier molecular flexibility index (Phi) is 4.10. The van der Waals surface area contributed by atoms with Crippen molar-refractivity contribution in [3.63, 3.8) is 0 Å². The van der Waals surface area contributed by atoms with Crippen LogP contribution in [0, 0.1) is 0 Å². The third-order valence-electron chi connectivity index (χ3n) is 3.50. The Morgan fingerprint density at radius 1 is 1.14 bits per heavy atom. The van der Waals surface area contributed by atoms with Crippen molar-refractivity contribution in [3.05, 3.63) is 65.9 Å². The number of aromatic nitrogens is 1. The van der Waals surface area contributed by atoms with E-state index in [4.69, 9.17) is 4.74 Å². The first kappa shape index (κ1) is 14.2. The summed E-state index contributed by atoms with van der Waals surface area (Å²) >= 11 is 0. The van der Waals surface area contributed by atoms with E-state index >= 15 is 0 Å². The van der Waals surface area contributed by atoms with Crippen molar-refractivity contribution >= 4 is 16.8 Å². The van der Waals surface area contributed by atoms with Crippen LogP contribution in [0.2, 0.25) is 0 Å². The van der Waals surface area contributed by atoms with E-state index in [0.29, 0.717) is 18.7 Å². The lowest BCUT2D eigenvalue weighted by Gasteiger charge is -2.07. The van der Waals surface area contributed by atoms with E-state index in [0.717, 1.165) is 16.8 Å². The van der Waals surface area contributed by atoms with Gasteiger partial charge in [-0.25, -0.2) is 0 Å². The molecule has 0 aliphatic heterocycles. The topological polar surface area (TPSA) is 54.1 Å². The molecule has 0 unspecified atom stereocenters. The number of ether oxygens (including phenoxy) is 1. The zero-order valence-electron chi connectivity index (χ0n) is 12.4. The second-order valence-corrected chi connectivity index (χ2v) is 5.04. The molecule has 0 aliphatic carbocycles. The van der Waals surface area contributed by atoms with Gasteiger partial charge in [0.15, 0.2) is 0 Å². The molecule has 0 saturated heterocycles. The van der Waals surface area contributed by atoms with Crippen LogP contribution < -0.4 is 10.1 Å². The fourth-order valence-electron chi connectivity index (χ4n) is 2.36. The quantitative estimate of drug-likeness (QED) is 0.756. The number of carbonyl (C=O) groups is 1. The molecule has 3 rings (SSSR count). The van der Waals surface area contributed by atoms with Crippen LogP contribution in [-0.4, -0.2) is 17.5 Å². The molecular weight excluding hydrogens is 276 g/mol. The maximum Gasteiger partial charge on any atom is 0.251 e. The number of amides is 1. The Hall–Kier alpha value is -2.75. The minimum Gasteiger partial charge on any atom is -0.494 e. The van der Waals surface area contributed by atoms with Gasteiger partial charge >= 0.3 is 0 Å². The monoisotopic (exact) mass is 294 g/mol. The van der Waals surface area contributed by atoms with Gasteiger partial charge < -0.3 is 15.0 Å². The van der Waals surface area contributed by atoms with E-state index < -0.39 is 0 Å². The summed E-state index contributed by atoms with van der Waals surface area (Å²) in [6.07, 6.45) is 1.91. The van der Waals surface area contributed by atoms with Crippen LogP contribution in [0.5, 0.6) is 5.75 Å². The fourth-order valence-corrected chi connectivity index (χ4v) is 2.36. The first-order valence-corrected chi connectivity index (χ1v) is 7.33. The van der Waals surface area contributed by atoms with Crippen molar-refractivity contribution in [2.24, 2.45) is 0 Å². The third-order valence-corrected chi connectivity index (χ3v) is 3.50. The molecule has 1 amide bonds. The van der Waals surface area contributed by atoms with Gasteiger partial charge in [-0.15, -0.1) is 0 Å². The summed E-state index contributed by atoms with van der Waals surface area (Å²) in [5, 5.41) is 4.10. The molecule has 4 nitrogen and oxygen atoms in total. The molecule has 22 heavy (non-hydrogen) atoms. The van der Waals surface area contributed by atoms with E-state index in [2.05, 4.69) is 10.3 Å². The Balaban J connectivity index is 1.63. The van der Waals surface area contributed by atoms with E-state index in [1.54, 1.807) is 12.1 Å². The van der Waals surface area contributed by atoms with Crippen LogP contribution in [0.25, 0.3) is 10.9 Å². The zero-order chi connectivity index (χ0) is 15.4. The molecule has 0 aliphatic rings. The van der Waals surface area contributed by atoms with Gasteiger partial charge in [-0.3, -0.25) is 4.79 Å². The highest BCUT2D eigenvalue weighted by atomic mass is 16.5. The smallest absolute Gasteiger partial charge is 0.251 e. The largest absolute Gasteiger partial charge is 0.494 e. The molecule has 0 spiro atoms. The van der Waals surface area contributed by atoms with Crippen LogP contribution in [0.4, 0.5) is 0 Å². The van der Waals surface area contributed by atoms with Gasteiger partial charge in [0.1, 0.15) is 5.75 Å². The lowest BCUT2D eigenvalue weighted by Crippen LogP contribution is -2.22. The molecular formula is C18H18N2O2. The average Bonchev–Trinajstić information content (AvgIpc) is 3.01. The summed E-state index contributed by atoms with van der Waals surface area (Å²) < 4.78 is 5.37. The number of carbonyl (C=O) groups excluding carboxylic acids is 1. The second-order valence-electron chi connectivity index (χ2n) is 5.04. The number of hydrogen-bond acceptors (Lipinski definition) is 2. The lowest BCUT2D eigenvalue weighted by atomic mass is 10.1. The zero-order valence-corrected chi connectivity index (χ0v) is 12.4. The van der Waals surface area contributed by atoms with Gasteiger partial charge in [0.05, 0.1) is 6.61 Å². The number of H-pyrrole nitrogens is 1. The summed E-state index contributed by atoms with van der Waals surface area (Å²) in [4.78, 5) is 15.3. The molecule has 0 fully saturated rings. The summed E-state index contributed by atoms with van der Waals surface area (Å²) in [6.45, 7) is 3.05. The number of hydrogen-bond donors (Lipinski definition) is 2. The second kappa shape index (κ2) is 6.35. The highest BCUT2D eigenvalue weighted by Gasteiger charge is 2.06. The first-order chi connectivity index (χ1) is 10.8. The van der Waals surface area contributed by atoms with Crippen LogP contribution in [0.1, 0.15) is 22.8 Å². The molecule has 0 bridgehead atoms. The van der Waals surface area contributed by atoms with Crippen LogP contribution in [0.3, 0.4) is 0 Å². The molecule has 112 valence electrons. The van der Waals surface area contributed by atoms with Crippen molar-refractivity contribution < 1.29 is 9.53 Å². The highest BCUT2D eigenvalue weighted by Crippen LogP contribution is 2.15. The van der Waals surface area contributed by atoms with Crippen LogP contribution in [0.15, 0.2) is 54.7 Å². The predicted octanol–water partition coefficient (Wildman–Crippen LogP) is 3.50. The third kappa shape index (κ3) is 3.11. The van der Waals surface area contributed by atoms with Crippen molar-refractivity contribution in [1.82, 2.24) is 10.3 Å². The van der Waals surface area contributed by atoms with Crippen LogP contribution >= 0.6 is 0 Å². The Morgan fingerprint density at radius 2 is 1.95 bits per heavy atom. The SMILES string of the molecule is CCOc1ccc(C(=O)NCc2ccc3cc[nH]c3c2)cc1. The molecule has 2 N–H and O–H groups in total. The van der Waals surface area contributed by atoms with Crippen molar-refractivity contribution in [2.45, 2.75) is 13.5 Å². The molecule has 2 aromatic carbocycles. The number of nitrogens with one attached hydrogen (secondary N) is 2. The Morgan fingerprint density at radius 3 is 2.73 bits per heavy atom. The van der Waals surface area contributed by atoms with Gasteiger partial charge in [0, 0.05) is 23.8 Å². The maximum absolute atomic E-state index is 12.1. The summed E-state index contributed by atoms with van der Waals surface area (Å²) in [6, 6.07) is 15.3. The van der Waals surface area contributed by atoms with Crippen molar-refractivity contribution in [3.8, 4) is 5.75 Å².